The number of hydrogen-bond donors (Lipinski definition) is 1. The van der Waals surface area contributed by atoms with Crippen LogP contribution in [0.4, 0.5) is 17.6 Å². The zero-order valence-corrected chi connectivity index (χ0v) is 16.6. The topological polar surface area (TPSA) is 54.9 Å². The van der Waals surface area contributed by atoms with Crippen LogP contribution in [0.25, 0.3) is 0 Å². The lowest BCUT2D eigenvalue weighted by atomic mass is 9.74. The molecule has 10 heteroatoms. The Morgan fingerprint density at radius 2 is 1.89 bits per heavy atom. The molecule has 28 heavy (non-hydrogen) atoms. The predicted molar refractivity (Wildman–Crippen MR) is 99.9 cm³/mol. The predicted octanol–water partition coefficient (Wildman–Crippen LogP) is 4.84. The smallest absolute Gasteiger partial charge is 0.289 e. The molecule has 1 aromatic heterocycles. The number of carbonyl (C=O) groups is 1. The molecule has 4 nitrogen and oxygen atoms in total. The molecule has 0 aliphatic heterocycles. The zero-order chi connectivity index (χ0) is 20.7. The zero-order valence-electron chi connectivity index (χ0n) is 14.7. The summed E-state index contributed by atoms with van der Waals surface area (Å²) in [5.74, 6) is -4.28. The van der Waals surface area contributed by atoms with Gasteiger partial charge in [-0.25, -0.2) is 4.98 Å². The Labute approximate surface area is 166 Å². The van der Waals surface area contributed by atoms with Crippen LogP contribution < -0.4 is 5.32 Å². The molecule has 1 fully saturated rings. The van der Waals surface area contributed by atoms with Gasteiger partial charge in [-0.2, -0.15) is 17.6 Å². The van der Waals surface area contributed by atoms with Gasteiger partial charge in [0, 0.05) is 41.9 Å². The average molecular weight is 434 g/mol. The number of nitrogens with zero attached hydrogens (tertiary/aromatic N) is 2. The maximum atomic E-state index is 13.7. The first kappa shape index (κ1) is 20.9. The summed E-state index contributed by atoms with van der Waals surface area (Å²) in [6.45, 7) is 0.642. The summed E-state index contributed by atoms with van der Waals surface area (Å²) in [5.41, 5.74) is -3.85. The molecule has 1 aliphatic rings. The van der Waals surface area contributed by atoms with Crippen molar-refractivity contribution in [1.29, 1.82) is 0 Å². The van der Waals surface area contributed by atoms with Crippen molar-refractivity contribution in [3.05, 3.63) is 58.1 Å². The molecular weight excluding hydrogens is 417 g/mol. The van der Waals surface area contributed by atoms with Crippen LogP contribution in [0.1, 0.15) is 53.0 Å². The molecule has 1 N–H and O–H groups in total. The van der Waals surface area contributed by atoms with E-state index in [1.807, 2.05) is 0 Å². The Morgan fingerprint density at radius 1 is 1.21 bits per heavy atom. The molecule has 0 radical (unpaired) electrons. The van der Waals surface area contributed by atoms with Crippen molar-refractivity contribution in [2.45, 2.75) is 43.3 Å². The van der Waals surface area contributed by atoms with Crippen LogP contribution in [-0.4, -0.2) is 21.9 Å². The molecule has 3 rings (SSSR count). The monoisotopic (exact) mass is 433 g/mol. The number of aromatic nitrogens is 2. The van der Waals surface area contributed by atoms with Gasteiger partial charge >= 0.3 is 0 Å². The summed E-state index contributed by atoms with van der Waals surface area (Å²) >= 11 is 6.17. The van der Waals surface area contributed by atoms with Crippen molar-refractivity contribution in [2.75, 3.05) is 0 Å². The van der Waals surface area contributed by atoms with Crippen molar-refractivity contribution in [1.82, 2.24) is 15.3 Å². The highest BCUT2D eigenvalue weighted by atomic mass is 35.5. The van der Waals surface area contributed by atoms with E-state index < -0.39 is 28.9 Å². The molecule has 0 spiro atoms. The largest absolute Gasteiger partial charge is 0.347 e. The Kier molecular flexibility index (Phi) is 5.65. The number of amides is 1. The molecule has 1 aliphatic carbocycles. The van der Waals surface area contributed by atoms with Crippen molar-refractivity contribution >= 4 is 26.7 Å². The van der Waals surface area contributed by atoms with Gasteiger partial charge in [0.1, 0.15) is 5.69 Å². The van der Waals surface area contributed by atoms with Crippen LogP contribution >= 0.6 is 20.8 Å². The SMILES string of the molecule is CC(F)(F)c1nccnc1C(=O)N[C@@H]1CC[C@@H]1c1ccc(C(F)(F)P)cc1Cl. The van der Waals surface area contributed by atoms with Gasteiger partial charge in [0.25, 0.3) is 17.5 Å². The number of rotatable bonds is 5. The van der Waals surface area contributed by atoms with Gasteiger partial charge in [-0.1, -0.05) is 33.0 Å². The first-order valence-electron chi connectivity index (χ1n) is 8.45. The van der Waals surface area contributed by atoms with Gasteiger partial charge in [-0.05, 0) is 24.5 Å². The van der Waals surface area contributed by atoms with Crippen LogP contribution in [0.15, 0.2) is 30.6 Å². The van der Waals surface area contributed by atoms with E-state index in [-0.39, 0.29) is 22.5 Å². The summed E-state index contributed by atoms with van der Waals surface area (Å²) in [6.07, 6.45) is 3.55. The fourth-order valence-electron chi connectivity index (χ4n) is 3.14. The minimum atomic E-state index is -3.32. The van der Waals surface area contributed by atoms with E-state index in [1.54, 1.807) is 0 Å². The molecule has 1 amide bonds. The standard InChI is InChI=1S/C18H17ClF4N3OP/c1-17(20,21)15-14(24-6-7-25-15)16(27)26-13-5-4-11(13)10-3-2-9(8-12(10)19)18(22,23)28/h2-3,6-8,11,13H,4-5,28H2,1H3,(H,26,27)/t11-,13-/m1/s1. The quantitative estimate of drug-likeness (QED) is 0.542. The van der Waals surface area contributed by atoms with E-state index >= 15 is 0 Å². The minimum absolute atomic E-state index is 0.170. The van der Waals surface area contributed by atoms with Gasteiger partial charge in [0.15, 0.2) is 5.69 Å². The number of halogens is 5. The summed E-state index contributed by atoms with van der Waals surface area (Å²) in [4.78, 5) is 19.8. The maximum absolute atomic E-state index is 13.7. The highest BCUT2D eigenvalue weighted by Crippen LogP contribution is 2.43. The highest BCUT2D eigenvalue weighted by molar-refractivity contribution is 7.17. The van der Waals surface area contributed by atoms with E-state index in [2.05, 4.69) is 15.3 Å². The van der Waals surface area contributed by atoms with E-state index in [4.69, 9.17) is 11.6 Å². The third-order valence-corrected chi connectivity index (χ3v) is 5.37. The van der Waals surface area contributed by atoms with Crippen LogP contribution in [-0.2, 0) is 11.6 Å². The third kappa shape index (κ3) is 4.28. The van der Waals surface area contributed by atoms with Crippen LogP contribution in [0.3, 0.4) is 0 Å². The second-order valence-corrected chi connectivity index (χ2v) is 7.90. The molecule has 1 aromatic carbocycles. The second-order valence-electron chi connectivity index (χ2n) is 6.76. The van der Waals surface area contributed by atoms with Crippen LogP contribution in [0.2, 0.25) is 5.02 Å². The maximum Gasteiger partial charge on any atom is 0.289 e. The lowest BCUT2D eigenvalue weighted by Gasteiger charge is -2.38. The van der Waals surface area contributed by atoms with Gasteiger partial charge in [-0.3, -0.25) is 9.78 Å². The third-order valence-electron chi connectivity index (χ3n) is 4.70. The van der Waals surface area contributed by atoms with E-state index in [0.29, 0.717) is 25.3 Å². The van der Waals surface area contributed by atoms with Crippen LogP contribution in [0, 0.1) is 0 Å². The lowest BCUT2D eigenvalue weighted by molar-refractivity contribution is 0.0110. The molecule has 150 valence electrons. The molecule has 3 atom stereocenters. The summed E-state index contributed by atoms with van der Waals surface area (Å²) in [7, 11) is 1.45. The first-order valence-corrected chi connectivity index (χ1v) is 9.41. The van der Waals surface area contributed by atoms with Gasteiger partial charge in [-0.15, -0.1) is 0 Å². The second kappa shape index (κ2) is 7.56. The molecule has 1 unspecified atom stereocenters. The number of nitrogens with one attached hydrogen (secondary N) is 1. The number of benzene rings is 1. The molecular formula is C18H17ClF4N3OP. The normalized spacial score (nSPS) is 19.8. The number of alkyl halides is 4. The Hall–Kier alpha value is -1.79. The summed E-state index contributed by atoms with van der Waals surface area (Å²) in [6, 6.07) is 3.61. The summed E-state index contributed by atoms with van der Waals surface area (Å²) < 4.78 is 54.2. The van der Waals surface area contributed by atoms with E-state index in [9.17, 15) is 22.4 Å². The number of hydrogen-bond acceptors (Lipinski definition) is 3. The Balaban J connectivity index is 1.78. The molecule has 1 saturated carbocycles. The van der Waals surface area contributed by atoms with E-state index in [0.717, 1.165) is 6.20 Å². The highest BCUT2D eigenvalue weighted by Gasteiger charge is 2.38. The first-order chi connectivity index (χ1) is 13.0. The summed E-state index contributed by atoms with van der Waals surface area (Å²) in [5, 5.41) is 2.85. The molecule has 2 aromatic rings. The van der Waals surface area contributed by atoms with Crippen LogP contribution in [0.5, 0.6) is 0 Å². The van der Waals surface area contributed by atoms with E-state index in [1.165, 1.54) is 33.6 Å². The molecule has 0 saturated heterocycles. The van der Waals surface area contributed by atoms with Crippen molar-refractivity contribution in [2.24, 2.45) is 0 Å². The fourth-order valence-corrected chi connectivity index (χ4v) is 3.64. The van der Waals surface area contributed by atoms with Gasteiger partial charge < -0.3 is 5.32 Å². The van der Waals surface area contributed by atoms with Gasteiger partial charge in [0.2, 0.25) is 0 Å². The van der Waals surface area contributed by atoms with Crippen molar-refractivity contribution in [3.8, 4) is 0 Å². The Morgan fingerprint density at radius 3 is 2.43 bits per heavy atom. The fraction of sp³-hybridized carbons (Fsp3) is 0.389. The molecule has 0 bridgehead atoms. The lowest BCUT2D eigenvalue weighted by Crippen LogP contribution is -2.46. The Bertz CT molecular complexity index is 901. The average Bonchev–Trinajstić information content (AvgIpc) is 2.58. The van der Waals surface area contributed by atoms with Crippen molar-refractivity contribution in [3.63, 3.8) is 0 Å². The van der Waals surface area contributed by atoms with Crippen molar-refractivity contribution < 1.29 is 22.4 Å². The minimum Gasteiger partial charge on any atom is -0.347 e. The number of carbonyl (C=O) groups excluding carboxylic acids is 1. The molecule has 1 heterocycles. The van der Waals surface area contributed by atoms with Gasteiger partial charge in [0.05, 0.1) is 0 Å².